The molecule has 11 heteroatoms. The lowest BCUT2D eigenvalue weighted by Crippen LogP contribution is -2.44. The van der Waals surface area contributed by atoms with Gasteiger partial charge in [0, 0.05) is 61.2 Å². The Morgan fingerprint density at radius 2 is 1.77 bits per heavy atom. The third-order valence-corrected chi connectivity index (χ3v) is 7.88. The average molecular weight is 576 g/mol. The number of piperazine rings is 1. The molecular weight excluding hydrogens is 543 g/mol. The molecule has 0 aliphatic carbocycles. The van der Waals surface area contributed by atoms with E-state index in [1.54, 1.807) is 6.92 Å². The lowest BCUT2D eigenvalue weighted by molar-refractivity contribution is -0.145. The van der Waals surface area contributed by atoms with Crippen LogP contribution in [0.3, 0.4) is 0 Å². The average Bonchev–Trinajstić information content (AvgIpc) is 3.40. The number of nitrogens with zero attached hydrogens (tertiary/aromatic N) is 5. The molecule has 40 heavy (non-hydrogen) atoms. The second kappa shape index (κ2) is 11.7. The third kappa shape index (κ3) is 5.93. The number of carbonyl (C=O) groups is 1. The third-order valence-electron chi connectivity index (χ3n) is 7.65. The number of aromatic nitrogens is 2. The van der Waals surface area contributed by atoms with Crippen molar-refractivity contribution in [1.29, 1.82) is 0 Å². The van der Waals surface area contributed by atoms with Crippen LogP contribution < -0.4 is 9.80 Å². The van der Waals surface area contributed by atoms with Gasteiger partial charge in [0.25, 0.3) is 0 Å². The smallest absolute Gasteiger partial charge is 0.433 e. The van der Waals surface area contributed by atoms with E-state index in [-0.39, 0.29) is 6.61 Å². The molecule has 1 unspecified atom stereocenters. The predicted octanol–water partition coefficient (Wildman–Crippen LogP) is 5.99. The highest BCUT2D eigenvalue weighted by Gasteiger charge is 2.42. The minimum Gasteiger partial charge on any atom is -0.462 e. The van der Waals surface area contributed by atoms with Gasteiger partial charge in [-0.05, 0) is 56.6 Å². The van der Waals surface area contributed by atoms with E-state index in [9.17, 15) is 18.0 Å². The van der Waals surface area contributed by atoms with E-state index in [1.807, 2.05) is 18.2 Å². The minimum atomic E-state index is -4.76. The van der Waals surface area contributed by atoms with Gasteiger partial charge in [-0.3, -0.25) is 4.68 Å². The molecule has 0 bridgehead atoms. The van der Waals surface area contributed by atoms with Crippen molar-refractivity contribution in [2.45, 2.75) is 32.0 Å². The fraction of sp³-hybridized carbons (Fsp3) is 0.448. The Labute approximate surface area is 237 Å². The number of alkyl halides is 3. The van der Waals surface area contributed by atoms with Crippen molar-refractivity contribution < 1.29 is 22.7 Å². The van der Waals surface area contributed by atoms with E-state index < -0.39 is 29.4 Å². The maximum Gasteiger partial charge on any atom is 0.433 e. The van der Waals surface area contributed by atoms with Crippen molar-refractivity contribution in [3.63, 3.8) is 0 Å². The second-order valence-corrected chi connectivity index (χ2v) is 10.7. The molecule has 0 amide bonds. The Balaban J connectivity index is 1.43. The van der Waals surface area contributed by atoms with Gasteiger partial charge in [-0.1, -0.05) is 29.8 Å². The van der Waals surface area contributed by atoms with Gasteiger partial charge in [0.15, 0.2) is 5.69 Å². The number of hydrogen-bond donors (Lipinski definition) is 0. The number of benzene rings is 2. The van der Waals surface area contributed by atoms with Gasteiger partial charge in [-0.2, -0.15) is 18.3 Å². The quantitative estimate of drug-likeness (QED) is 0.337. The van der Waals surface area contributed by atoms with Crippen molar-refractivity contribution in [1.82, 2.24) is 14.7 Å². The predicted molar refractivity (Wildman–Crippen MR) is 150 cm³/mol. The minimum absolute atomic E-state index is 0.0214. The number of halogens is 4. The molecule has 5 rings (SSSR count). The Hall–Kier alpha value is -3.24. The summed E-state index contributed by atoms with van der Waals surface area (Å²) >= 11 is 6.41. The molecule has 7 nitrogen and oxygen atoms in total. The van der Waals surface area contributed by atoms with Gasteiger partial charge in [0.05, 0.1) is 18.8 Å². The summed E-state index contributed by atoms with van der Waals surface area (Å²) in [5.41, 5.74) is 2.36. The summed E-state index contributed by atoms with van der Waals surface area (Å²) in [6, 6.07) is 13.5. The summed E-state index contributed by atoms with van der Waals surface area (Å²) in [6.45, 7) is 6.48. The highest BCUT2D eigenvalue weighted by Crippen LogP contribution is 2.39. The van der Waals surface area contributed by atoms with Crippen LogP contribution in [0.2, 0.25) is 5.02 Å². The molecule has 1 atom stereocenters. The Morgan fingerprint density at radius 1 is 1.05 bits per heavy atom. The number of likely N-dealkylation sites (N-methyl/N-ethyl adjacent to an activating group) is 1. The van der Waals surface area contributed by atoms with Crippen LogP contribution in [-0.4, -0.2) is 73.6 Å². The lowest BCUT2D eigenvalue weighted by Gasteiger charge is -2.36. The number of esters is 1. The fourth-order valence-electron chi connectivity index (χ4n) is 5.58. The zero-order valence-corrected chi connectivity index (χ0v) is 23.4. The van der Waals surface area contributed by atoms with E-state index in [0.29, 0.717) is 31.0 Å². The molecule has 0 saturated carbocycles. The van der Waals surface area contributed by atoms with Crippen molar-refractivity contribution in [3.05, 3.63) is 64.9 Å². The summed E-state index contributed by atoms with van der Waals surface area (Å²) in [5, 5.41) is 4.58. The first-order valence-electron chi connectivity index (χ1n) is 13.6. The van der Waals surface area contributed by atoms with Gasteiger partial charge in [-0.25, -0.2) is 4.79 Å². The topological polar surface area (TPSA) is 53.8 Å². The molecule has 0 radical (unpaired) electrons. The summed E-state index contributed by atoms with van der Waals surface area (Å²) in [5.74, 6) is -1.02. The maximum absolute atomic E-state index is 14.1. The first-order valence-corrected chi connectivity index (χ1v) is 13.9. The summed E-state index contributed by atoms with van der Waals surface area (Å²) in [7, 11) is 2.13. The van der Waals surface area contributed by atoms with Crippen molar-refractivity contribution in [3.8, 4) is 11.1 Å². The molecule has 2 saturated heterocycles. The molecule has 2 aliphatic rings. The number of hydrogen-bond acceptors (Lipinski definition) is 6. The number of rotatable bonds is 6. The summed E-state index contributed by atoms with van der Waals surface area (Å²) in [6.07, 6.45) is -2.63. The monoisotopic (exact) mass is 575 g/mol. The zero-order chi connectivity index (χ0) is 28.4. The maximum atomic E-state index is 14.1. The highest BCUT2D eigenvalue weighted by atomic mass is 35.5. The molecule has 0 spiro atoms. The first-order chi connectivity index (χ1) is 19.2. The van der Waals surface area contributed by atoms with Crippen LogP contribution in [-0.2, 0) is 10.9 Å². The van der Waals surface area contributed by atoms with Gasteiger partial charge in [0.2, 0.25) is 0 Å². The number of piperidine rings is 1. The SMILES string of the molecule is CCOC(=O)c1cnn(C2CCCN(c3cc(Cl)ccc3-c3ccc(N4CCN(C)CC4)cc3)C2)c1C(F)(F)F. The van der Waals surface area contributed by atoms with E-state index in [4.69, 9.17) is 16.3 Å². The number of anilines is 2. The standard InChI is InChI=1S/C29H33ClF3N5O2/c1-3-40-28(39)25-18-34-38(27(25)29(31,32)33)23-5-4-12-37(19-23)26-17-21(30)8-11-24(26)20-6-9-22(10-7-20)36-15-13-35(2)14-16-36/h6-11,17-18,23H,3-5,12-16,19H2,1-2H3. The van der Waals surface area contributed by atoms with Crippen molar-refractivity contribution in [2.24, 2.45) is 0 Å². The molecule has 1 aromatic heterocycles. The summed E-state index contributed by atoms with van der Waals surface area (Å²) in [4.78, 5) is 19.0. The van der Waals surface area contributed by atoms with Crippen molar-refractivity contribution >= 4 is 28.9 Å². The van der Waals surface area contributed by atoms with Gasteiger partial charge in [-0.15, -0.1) is 0 Å². The van der Waals surface area contributed by atoms with Crippen LogP contribution in [0.4, 0.5) is 24.5 Å². The van der Waals surface area contributed by atoms with Crippen LogP contribution in [0.25, 0.3) is 11.1 Å². The fourth-order valence-corrected chi connectivity index (χ4v) is 5.75. The van der Waals surface area contributed by atoms with Crippen LogP contribution in [0.15, 0.2) is 48.7 Å². The Kier molecular flexibility index (Phi) is 8.28. The summed E-state index contributed by atoms with van der Waals surface area (Å²) < 4.78 is 48.2. The highest BCUT2D eigenvalue weighted by molar-refractivity contribution is 6.31. The largest absolute Gasteiger partial charge is 0.462 e. The molecule has 0 N–H and O–H groups in total. The van der Waals surface area contributed by atoms with E-state index in [2.05, 4.69) is 51.1 Å². The zero-order valence-electron chi connectivity index (χ0n) is 22.6. The first kappa shape index (κ1) is 28.3. The molecule has 2 fully saturated rings. The number of ether oxygens (including phenoxy) is 1. The van der Waals surface area contributed by atoms with Crippen LogP contribution >= 0.6 is 11.6 Å². The van der Waals surface area contributed by atoms with Gasteiger partial charge in [0.1, 0.15) is 5.56 Å². The molecule has 3 heterocycles. The molecule has 214 valence electrons. The van der Waals surface area contributed by atoms with Crippen LogP contribution in [0.5, 0.6) is 0 Å². The van der Waals surface area contributed by atoms with E-state index >= 15 is 0 Å². The van der Waals surface area contributed by atoms with Crippen LogP contribution in [0, 0.1) is 0 Å². The van der Waals surface area contributed by atoms with Gasteiger partial charge >= 0.3 is 12.1 Å². The Morgan fingerprint density at radius 3 is 2.45 bits per heavy atom. The van der Waals surface area contributed by atoms with Crippen LogP contribution in [0.1, 0.15) is 41.9 Å². The lowest BCUT2D eigenvalue weighted by atomic mass is 9.99. The second-order valence-electron chi connectivity index (χ2n) is 10.3. The van der Waals surface area contributed by atoms with Crippen molar-refractivity contribution in [2.75, 3.05) is 62.7 Å². The van der Waals surface area contributed by atoms with Gasteiger partial charge < -0.3 is 19.4 Å². The van der Waals surface area contributed by atoms with E-state index in [0.717, 1.165) is 53.9 Å². The molecular formula is C29H33ClF3N5O2. The normalized spacial score (nSPS) is 18.7. The Bertz CT molecular complexity index is 1340. The molecule has 2 aliphatic heterocycles. The van der Waals surface area contributed by atoms with E-state index in [1.165, 1.54) is 5.69 Å². The molecule has 2 aromatic carbocycles. The molecule has 3 aromatic rings. The number of carbonyl (C=O) groups excluding carboxylic acids is 1.